The van der Waals surface area contributed by atoms with Crippen LogP contribution in [0.25, 0.3) is 0 Å². The lowest BCUT2D eigenvalue weighted by Crippen LogP contribution is -2.44. The Morgan fingerprint density at radius 1 is 1.44 bits per heavy atom. The van der Waals surface area contributed by atoms with Crippen LogP contribution in [0.5, 0.6) is 0 Å². The number of anilines is 1. The van der Waals surface area contributed by atoms with Gasteiger partial charge in [0.05, 0.1) is 11.1 Å². The minimum atomic E-state index is -4.54. The first-order valence-electron chi connectivity index (χ1n) is 7.26. The summed E-state index contributed by atoms with van der Waals surface area (Å²) in [5.41, 5.74) is -1.66. The molecule has 6 nitrogen and oxygen atoms in total. The second-order valence-corrected chi connectivity index (χ2v) is 5.90. The first kappa shape index (κ1) is 18.8. The third kappa shape index (κ3) is 4.50. The zero-order chi connectivity index (χ0) is 18.8. The largest absolute Gasteiger partial charge is 0.416 e. The standard InChI is InChI=1S/C16H17F3N2O4/c1-4-15(2,3)20-14(23)25-13-12(22)21(9-24-13)11-7-5-6-10(8-11)16(17,18)19/h4-8,13H,1,9H2,2-3H3,(H,20,23). The Morgan fingerprint density at radius 3 is 2.72 bits per heavy atom. The van der Waals surface area contributed by atoms with Crippen LogP contribution in [0.15, 0.2) is 36.9 Å². The highest BCUT2D eigenvalue weighted by atomic mass is 19.4. The fraction of sp³-hybridized carbons (Fsp3) is 0.375. The van der Waals surface area contributed by atoms with Gasteiger partial charge in [0, 0.05) is 5.69 Å². The van der Waals surface area contributed by atoms with Crippen LogP contribution in [-0.4, -0.2) is 30.6 Å². The van der Waals surface area contributed by atoms with Crippen LogP contribution >= 0.6 is 0 Å². The van der Waals surface area contributed by atoms with E-state index in [0.29, 0.717) is 0 Å². The van der Waals surface area contributed by atoms with E-state index in [-0.39, 0.29) is 12.4 Å². The van der Waals surface area contributed by atoms with E-state index in [1.807, 2.05) is 0 Å². The molecule has 2 amide bonds. The Bertz CT molecular complexity index is 688. The van der Waals surface area contributed by atoms with Gasteiger partial charge < -0.3 is 14.8 Å². The fourth-order valence-corrected chi connectivity index (χ4v) is 1.98. The molecule has 2 rings (SSSR count). The van der Waals surface area contributed by atoms with E-state index in [1.165, 1.54) is 18.2 Å². The quantitative estimate of drug-likeness (QED) is 0.840. The molecule has 1 fully saturated rings. The van der Waals surface area contributed by atoms with Gasteiger partial charge in [0.2, 0.25) is 0 Å². The lowest BCUT2D eigenvalue weighted by molar-refractivity contribution is -0.140. The van der Waals surface area contributed by atoms with Crippen molar-refractivity contribution < 1.29 is 32.2 Å². The van der Waals surface area contributed by atoms with Crippen LogP contribution in [0.2, 0.25) is 0 Å². The third-order valence-corrected chi connectivity index (χ3v) is 3.46. The Labute approximate surface area is 142 Å². The monoisotopic (exact) mass is 358 g/mol. The van der Waals surface area contributed by atoms with Gasteiger partial charge in [-0.25, -0.2) is 4.79 Å². The number of amides is 2. The van der Waals surface area contributed by atoms with Gasteiger partial charge in [0.25, 0.3) is 12.2 Å². The summed E-state index contributed by atoms with van der Waals surface area (Å²) in [5, 5.41) is 2.46. The molecule has 1 N–H and O–H groups in total. The molecule has 1 aliphatic heterocycles. The number of alkyl carbamates (subject to hydrolysis) is 1. The Hall–Kier alpha value is -2.55. The molecule has 25 heavy (non-hydrogen) atoms. The van der Waals surface area contributed by atoms with Crippen molar-refractivity contribution in [3.63, 3.8) is 0 Å². The van der Waals surface area contributed by atoms with Crippen molar-refractivity contribution in [2.75, 3.05) is 11.6 Å². The van der Waals surface area contributed by atoms with Crippen LogP contribution < -0.4 is 10.2 Å². The van der Waals surface area contributed by atoms with E-state index >= 15 is 0 Å². The molecule has 1 atom stereocenters. The first-order chi connectivity index (χ1) is 11.5. The van der Waals surface area contributed by atoms with Gasteiger partial charge >= 0.3 is 12.3 Å². The van der Waals surface area contributed by atoms with Crippen molar-refractivity contribution in [2.45, 2.75) is 31.9 Å². The van der Waals surface area contributed by atoms with Gasteiger partial charge in [-0.15, -0.1) is 6.58 Å². The predicted octanol–water partition coefficient (Wildman–Crippen LogP) is 3.04. The highest BCUT2D eigenvalue weighted by Crippen LogP contribution is 2.32. The van der Waals surface area contributed by atoms with E-state index < -0.39 is 35.6 Å². The number of ether oxygens (including phenoxy) is 2. The Kier molecular flexibility index (Phi) is 5.07. The van der Waals surface area contributed by atoms with E-state index in [4.69, 9.17) is 9.47 Å². The number of halogens is 3. The number of rotatable bonds is 4. The van der Waals surface area contributed by atoms with Crippen molar-refractivity contribution in [3.05, 3.63) is 42.5 Å². The van der Waals surface area contributed by atoms with E-state index in [1.54, 1.807) is 13.8 Å². The van der Waals surface area contributed by atoms with Crippen LogP contribution in [0.1, 0.15) is 19.4 Å². The number of hydrogen-bond acceptors (Lipinski definition) is 4. The molecule has 0 aliphatic carbocycles. The molecule has 0 bridgehead atoms. The molecule has 1 aromatic carbocycles. The molecule has 1 aromatic rings. The molecular weight excluding hydrogens is 341 g/mol. The van der Waals surface area contributed by atoms with Gasteiger partial charge in [0.15, 0.2) is 0 Å². The van der Waals surface area contributed by atoms with Crippen LogP contribution in [0.3, 0.4) is 0 Å². The summed E-state index contributed by atoms with van der Waals surface area (Å²) < 4.78 is 48.3. The van der Waals surface area contributed by atoms with E-state index in [2.05, 4.69) is 11.9 Å². The lowest BCUT2D eigenvalue weighted by atomic mass is 10.1. The summed E-state index contributed by atoms with van der Waals surface area (Å²) in [6.07, 6.45) is -5.50. The highest BCUT2D eigenvalue weighted by molar-refractivity contribution is 5.98. The van der Waals surface area contributed by atoms with Crippen LogP contribution in [0, 0.1) is 0 Å². The minimum Gasteiger partial charge on any atom is -0.410 e. The van der Waals surface area contributed by atoms with Gasteiger partial charge in [0.1, 0.15) is 6.73 Å². The average Bonchev–Trinajstić information content (AvgIpc) is 2.87. The maximum Gasteiger partial charge on any atom is 0.416 e. The molecule has 1 aliphatic rings. The number of carbonyl (C=O) groups is 2. The lowest BCUT2D eigenvalue weighted by Gasteiger charge is -2.22. The first-order valence-corrected chi connectivity index (χ1v) is 7.26. The summed E-state index contributed by atoms with van der Waals surface area (Å²) in [6.45, 7) is 6.53. The molecule has 0 radical (unpaired) electrons. The summed E-state index contributed by atoms with van der Waals surface area (Å²) in [4.78, 5) is 25.0. The van der Waals surface area contributed by atoms with Gasteiger partial charge in [-0.1, -0.05) is 12.1 Å². The maximum atomic E-state index is 12.8. The number of alkyl halides is 3. The van der Waals surface area contributed by atoms with E-state index in [0.717, 1.165) is 17.0 Å². The molecule has 1 saturated heterocycles. The second kappa shape index (κ2) is 6.75. The average molecular weight is 358 g/mol. The van der Waals surface area contributed by atoms with Crippen molar-refractivity contribution in [1.29, 1.82) is 0 Å². The highest BCUT2D eigenvalue weighted by Gasteiger charge is 2.38. The van der Waals surface area contributed by atoms with Crippen LogP contribution in [-0.2, 0) is 20.4 Å². The number of benzene rings is 1. The van der Waals surface area contributed by atoms with E-state index in [9.17, 15) is 22.8 Å². The van der Waals surface area contributed by atoms with Gasteiger partial charge in [-0.05, 0) is 32.0 Å². The molecule has 0 aromatic heterocycles. The second-order valence-electron chi connectivity index (χ2n) is 5.90. The maximum absolute atomic E-state index is 12.8. The normalized spacial score (nSPS) is 18.2. The van der Waals surface area contributed by atoms with Gasteiger partial charge in [-0.2, -0.15) is 13.2 Å². The summed E-state index contributed by atoms with van der Waals surface area (Å²) in [5.74, 6) is -0.772. The minimum absolute atomic E-state index is 0.00208. The smallest absolute Gasteiger partial charge is 0.410 e. The fourth-order valence-electron chi connectivity index (χ4n) is 1.98. The summed E-state index contributed by atoms with van der Waals surface area (Å²) in [7, 11) is 0. The Balaban J connectivity index is 2.07. The van der Waals surface area contributed by atoms with Crippen molar-refractivity contribution >= 4 is 17.7 Å². The number of hydrogen-bond donors (Lipinski definition) is 1. The molecule has 1 unspecified atom stereocenters. The topological polar surface area (TPSA) is 67.9 Å². The Morgan fingerprint density at radius 2 is 2.12 bits per heavy atom. The summed E-state index contributed by atoms with van der Waals surface area (Å²) in [6, 6.07) is 4.23. The zero-order valence-corrected chi connectivity index (χ0v) is 13.6. The molecule has 9 heteroatoms. The molecular formula is C16H17F3N2O4. The third-order valence-electron chi connectivity index (χ3n) is 3.46. The van der Waals surface area contributed by atoms with Crippen LogP contribution in [0.4, 0.5) is 23.7 Å². The van der Waals surface area contributed by atoms with Crippen molar-refractivity contribution in [1.82, 2.24) is 5.32 Å². The number of nitrogens with one attached hydrogen (secondary N) is 1. The molecule has 0 saturated carbocycles. The number of nitrogens with zero attached hydrogens (tertiary/aromatic N) is 1. The molecule has 0 spiro atoms. The molecule has 1 heterocycles. The number of carbonyl (C=O) groups excluding carboxylic acids is 2. The molecule has 136 valence electrons. The zero-order valence-electron chi connectivity index (χ0n) is 13.6. The van der Waals surface area contributed by atoms with Crippen molar-refractivity contribution in [2.24, 2.45) is 0 Å². The SMILES string of the molecule is C=CC(C)(C)NC(=O)OC1OCN(c2cccc(C(F)(F)F)c2)C1=O. The van der Waals surface area contributed by atoms with Crippen molar-refractivity contribution in [3.8, 4) is 0 Å². The summed E-state index contributed by atoms with van der Waals surface area (Å²) >= 11 is 0. The van der Waals surface area contributed by atoms with Gasteiger partial charge in [-0.3, -0.25) is 9.69 Å². The predicted molar refractivity (Wildman–Crippen MR) is 82.6 cm³/mol.